The molecule has 0 unspecified atom stereocenters. The van der Waals surface area contributed by atoms with Crippen LogP contribution in [0.25, 0.3) is 0 Å². The number of nitrogens with zero attached hydrogens (tertiary/aromatic N) is 2. The Hall–Kier alpha value is -3.35. The van der Waals surface area contributed by atoms with Gasteiger partial charge >= 0.3 is 6.09 Å². The van der Waals surface area contributed by atoms with Crippen molar-refractivity contribution in [1.29, 1.82) is 0 Å². The van der Waals surface area contributed by atoms with Gasteiger partial charge in [-0.2, -0.15) is 0 Å². The lowest BCUT2D eigenvalue weighted by Gasteiger charge is -2.28. The largest absolute Gasteiger partial charge is 0.445 e. The Bertz CT molecular complexity index is 961. The van der Waals surface area contributed by atoms with Crippen molar-refractivity contribution < 1.29 is 19.1 Å². The van der Waals surface area contributed by atoms with E-state index in [9.17, 15) is 14.4 Å². The Labute approximate surface area is 195 Å². The molecule has 0 saturated carbocycles. The van der Waals surface area contributed by atoms with Gasteiger partial charge in [0, 0.05) is 31.7 Å². The molecular formula is C26H33N3O4. The Balaban J connectivity index is 1.57. The zero-order valence-corrected chi connectivity index (χ0v) is 19.6. The van der Waals surface area contributed by atoms with Crippen molar-refractivity contribution in [2.75, 3.05) is 26.2 Å². The lowest BCUT2D eigenvalue weighted by molar-refractivity contribution is -0.134. The average Bonchev–Trinajstić information content (AvgIpc) is 3.07. The lowest BCUT2D eigenvalue weighted by Crippen LogP contribution is -2.52. The van der Waals surface area contributed by atoms with E-state index in [1.165, 1.54) is 0 Å². The molecule has 1 saturated heterocycles. The van der Waals surface area contributed by atoms with Gasteiger partial charge in [-0.3, -0.25) is 9.59 Å². The molecule has 0 bridgehead atoms. The van der Waals surface area contributed by atoms with Crippen LogP contribution in [0, 0.1) is 12.8 Å². The third-order valence-corrected chi connectivity index (χ3v) is 5.78. The van der Waals surface area contributed by atoms with Crippen LogP contribution in [0.2, 0.25) is 0 Å². The maximum absolute atomic E-state index is 13.2. The highest BCUT2D eigenvalue weighted by Crippen LogP contribution is 2.14. The monoisotopic (exact) mass is 451 g/mol. The van der Waals surface area contributed by atoms with Crippen LogP contribution < -0.4 is 5.32 Å². The van der Waals surface area contributed by atoms with Crippen LogP contribution in [0.3, 0.4) is 0 Å². The summed E-state index contributed by atoms with van der Waals surface area (Å²) in [6.45, 7) is 7.92. The van der Waals surface area contributed by atoms with Gasteiger partial charge in [0.05, 0.1) is 0 Å². The summed E-state index contributed by atoms with van der Waals surface area (Å²) < 4.78 is 5.30. The van der Waals surface area contributed by atoms with Gasteiger partial charge in [-0.05, 0) is 37.0 Å². The number of carbonyl (C=O) groups is 3. The van der Waals surface area contributed by atoms with E-state index in [1.54, 1.807) is 9.80 Å². The fourth-order valence-corrected chi connectivity index (χ4v) is 3.90. The van der Waals surface area contributed by atoms with Gasteiger partial charge in [0.25, 0.3) is 5.91 Å². The number of rotatable bonds is 6. The van der Waals surface area contributed by atoms with Crippen molar-refractivity contribution in [3.05, 3.63) is 71.3 Å². The maximum atomic E-state index is 13.2. The van der Waals surface area contributed by atoms with Crippen LogP contribution in [0.4, 0.5) is 4.79 Å². The summed E-state index contributed by atoms with van der Waals surface area (Å²) in [5, 5.41) is 2.74. The zero-order valence-electron chi connectivity index (χ0n) is 19.6. The van der Waals surface area contributed by atoms with Crippen LogP contribution in [-0.2, 0) is 16.1 Å². The summed E-state index contributed by atoms with van der Waals surface area (Å²) in [5.74, 6) is -0.266. The molecule has 1 aliphatic heterocycles. The van der Waals surface area contributed by atoms with E-state index in [-0.39, 0.29) is 24.3 Å². The standard InChI is InChI=1S/C26H33N3O4/c1-19(2)23(27-26(32)33-18-21-10-5-4-6-11-21)25(31)29-14-8-13-28(15-16-29)24(30)22-12-7-9-20(3)17-22/h4-7,9-12,17,19,23H,8,13-16,18H2,1-3H3,(H,27,32)/t23-/m0/s1. The van der Waals surface area contributed by atoms with Gasteiger partial charge in [-0.25, -0.2) is 4.79 Å². The molecule has 0 radical (unpaired) electrons. The van der Waals surface area contributed by atoms with Crippen LogP contribution in [-0.4, -0.2) is 59.9 Å². The van der Waals surface area contributed by atoms with E-state index in [4.69, 9.17) is 4.74 Å². The van der Waals surface area contributed by atoms with Gasteiger partial charge in [0.15, 0.2) is 0 Å². The summed E-state index contributed by atoms with van der Waals surface area (Å²) in [6.07, 6.45) is 0.0732. The summed E-state index contributed by atoms with van der Waals surface area (Å²) in [6, 6.07) is 16.3. The quantitative estimate of drug-likeness (QED) is 0.728. The third kappa shape index (κ3) is 6.81. The molecule has 0 aromatic heterocycles. The zero-order chi connectivity index (χ0) is 23.8. The summed E-state index contributed by atoms with van der Waals surface area (Å²) in [7, 11) is 0. The fourth-order valence-electron chi connectivity index (χ4n) is 3.90. The normalized spacial score (nSPS) is 15.0. The minimum absolute atomic E-state index is 0.0176. The molecule has 7 nitrogen and oxygen atoms in total. The second-order valence-electron chi connectivity index (χ2n) is 8.77. The van der Waals surface area contributed by atoms with Crippen molar-refractivity contribution in [3.63, 3.8) is 0 Å². The van der Waals surface area contributed by atoms with Crippen LogP contribution in [0.15, 0.2) is 54.6 Å². The van der Waals surface area contributed by atoms with E-state index in [0.29, 0.717) is 38.2 Å². The minimum Gasteiger partial charge on any atom is -0.445 e. The number of ether oxygens (including phenoxy) is 1. The van der Waals surface area contributed by atoms with Crippen molar-refractivity contribution in [1.82, 2.24) is 15.1 Å². The Morgan fingerprint density at radius 1 is 0.939 bits per heavy atom. The Morgan fingerprint density at radius 3 is 2.33 bits per heavy atom. The van der Waals surface area contributed by atoms with E-state index >= 15 is 0 Å². The second-order valence-corrected chi connectivity index (χ2v) is 8.77. The lowest BCUT2D eigenvalue weighted by atomic mass is 10.0. The van der Waals surface area contributed by atoms with Gasteiger partial charge in [0.1, 0.15) is 12.6 Å². The molecule has 2 aromatic rings. The first-order valence-corrected chi connectivity index (χ1v) is 11.5. The van der Waals surface area contributed by atoms with E-state index in [2.05, 4.69) is 5.32 Å². The van der Waals surface area contributed by atoms with Crippen LogP contribution in [0.5, 0.6) is 0 Å². The number of hydrogen-bond acceptors (Lipinski definition) is 4. The first kappa shape index (κ1) is 24.3. The molecule has 1 heterocycles. The summed E-state index contributed by atoms with van der Waals surface area (Å²) in [4.78, 5) is 42.0. The van der Waals surface area contributed by atoms with E-state index < -0.39 is 12.1 Å². The van der Waals surface area contributed by atoms with E-state index in [1.807, 2.05) is 75.4 Å². The molecule has 7 heteroatoms. The molecule has 2 aromatic carbocycles. The van der Waals surface area contributed by atoms with Gasteiger partial charge in [-0.15, -0.1) is 0 Å². The van der Waals surface area contributed by atoms with E-state index in [0.717, 1.165) is 11.1 Å². The van der Waals surface area contributed by atoms with Crippen molar-refractivity contribution in [2.24, 2.45) is 5.92 Å². The Kier molecular flexibility index (Phi) is 8.46. The van der Waals surface area contributed by atoms with Gasteiger partial charge < -0.3 is 19.9 Å². The number of amides is 3. The smallest absolute Gasteiger partial charge is 0.408 e. The Morgan fingerprint density at radius 2 is 1.64 bits per heavy atom. The van der Waals surface area contributed by atoms with Crippen molar-refractivity contribution >= 4 is 17.9 Å². The van der Waals surface area contributed by atoms with Crippen LogP contribution >= 0.6 is 0 Å². The first-order chi connectivity index (χ1) is 15.8. The van der Waals surface area contributed by atoms with Crippen molar-refractivity contribution in [2.45, 2.75) is 39.8 Å². The topological polar surface area (TPSA) is 79.0 Å². The highest BCUT2D eigenvalue weighted by atomic mass is 16.5. The molecule has 1 N–H and O–H groups in total. The fraction of sp³-hybridized carbons (Fsp3) is 0.423. The number of aryl methyl sites for hydroxylation is 1. The third-order valence-electron chi connectivity index (χ3n) is 5.78. The molecule has 33 heavy (non-hydrogen) atoms. The summed E-state index contributed by atoms with van der Waals surface area (Å²) in [5.41, 5.74) is 2.58. The molecule has 1 atom stereocenters. The molecule has 1 fully saturated rings. The SMILES string of the molecule is Cc1cccc(C(=O)N2CCCN(C(=O)[C@@H](NC(=O)OCc3ccccc3)C(C)C)CC2)c1. The molecule has 176 valence electrons. The van der Waals surface area contributed by atoms with Gasteiger partial charge in [-0.1, -0.05) is 61.9 Å². The van der Waals surface area contributed by atoms with Crippen molar-refractivity contribution in [3.8, 4) is 0 Å². The number of nitrogens with one attached hydrogen (secondary N) is 1. The highest BCUT2D eigenvalue weighted by Gasteiger charge is 2.31. The number of carbonyl (C=O) groups excluding carboxylic acids is 3. The maximum Gasteiger partial charge on any atom is 0.408 e. The molecule has 3 rings (SSSR count). The van der Waals surface area contributed by atoms with Crippen LogP contribution in [0.1, 0.15) is 41.8 Å². The predicted molar refractivity (Wildman–Crippen MR) is 127 cm³/mol. The number of benzene rings is 2. The predicted octanol–water partition coefficient (Wildman–Crippen LogP) is 3.62. The molecule has 0 spiro atoms. The first-order valence-electron chi connectivity index (χ1n) is 11.5. The second kappa shape index (κ2) is 11.5. The van der Waals surface area contributed by atoms with Gasteiger partial charge in [0.2, 0.25) is 5.91 Å². The number of alkyl carbamates (subject to hydrolysis) is 1. The summed E-state index contributed by atoms with van der Waals surface area (Å²) >= 11 is 0. The molecule has 0 aliphatic carbocycles. The minimum atomic E-state index is -0.688. The highest BCUT2D eigenvalue weighted by molar-refractivity contribution is 5.94. The number of hydrogen-bond donors (Lipinski definition) is 1. The molecule has 3 amide bonds. The molecular weight excluding hydrogens is 418 g/mol. The molecule has 1 aliphatic rings. The average molecular weight is 452 g/mol.